The zero-order valence-corrected chi connectivity index (χ0v) is 12.1. The van der Waals surface area contributed by atoms with E-state index in [4.69, 9.17) is 11.6 Å². The van der Waals surface area contributed by atoms with Crippen molar-refractivity contribution in [2.75, 3.05) is 0 Å². The van der Waals surface area contributed by atoms with E-state index in [0.717, 1.165) is 11.1 Å². The highest BCUT2D eigenvalue weighted by Crippen LogP contribution is 2.21. The number of nitrogens with zero attached hydrogens (tertiary/aromatic N) is 1. The maximum atomic E-state index is 13.1. The zero-order valence-electron chi connectivity index (χ0n) is 11.3. The Morgan fingerprint density at radius 1 is 1.33 bits per heavy atom. The Bertz CT molecular complexity index is 664. The minimum absolute atomic E-state index is 0.0534. The van der Waals surface area contributed by atoms with Crippen LogP contribution in [0.2, 0.25) is 5.02 Å². The molecule has 0 saturated heterocycles. The van der Waals surface area contributed by atoms with Gasteiger partial charge < -0.3 is 5.32 Å². The summed E-state index contributed by atoms with van der Waals surface area (Å²) in [7, 11) is 0. The number of nitro benzene ring substituents is 1. The molecule has 1 atom stereocenters. The van der Waals surface area contributed by atoms with Crippen molar-refractivity contribution >= 4 is 17.3 Å². The molecule has 0 amide bonds. The second-order valence-electron chi connectivity index (χ2n) is 4.70. The number of hydrogen-bond donors (Lipinski definition) is 1. The number of non-ortho nitro benzene ring substituents is 1. The molecule has 0 aromatic heterocycles. The molecule has 0 radical (unpaired) electrons. The molecule has 2 rings (SSSR count). The Balaban J connectivity index is 2.03. The molecule has 2 aromatic rings. The van der Waals surface area contributed by atoms with Crippen molar-refractivity contribution in [1.82, 2.24) is 5.32 Å². The van der Waals surface area contributed by atoms with Crippen LogP contribution in [0.3, 0.4) is 0 Å². The van der Waals surface area contributed by atoms with Crippen LogP contribution in [0.1, 0.15) is 24.1 Å². The van der Waals surface area contributed by atoms with E-state index in [-0.39, 0.29) is 16.8 Å². The molecule has 0 fully saturated rings. The van der Waals surface area contributed by atoms with Crippen molar-refractivity contribution in [2.24, 2.45) is 0 Å². The molecule has 1 N–H and O–H groups in total. The molecule has 0 saturated carbocycles. The largest absolute Gasteiger partial charge is 0.306 e. The van der Waals surface area contributed by atoms with Crippen LogP contribution in [0.25, 0.3) is 0 Å². The first kappa shape index (κ1) is 15.4. The van der Waals surface area contributed by atoms with Crippen molar-refractivity contribution in [2.45, 2.75) is 19.5 Å². The van der Waals surface area contributed by atoms with Gasteiger partial charge in [0.15, 0.2) is 0 Å². The summed E-state index contributed by atoms with van der Waals surface area (Å²) in [5, 5.41) is 14.0. The van der Waals surface area contributed by atoms with Crippen molar-refractivity contribution in [3.8, 4) is 0 Å². The Labute approximate surface area is 126 Å². The SMILES string of the molecule is CC(NCc1cccc([N+](=O)[O-])c1)c1ccc(F)c(Cl)c1. The van der Waals surface area contributed by atoms with Crippen LogP contribution in [-0.2, 0) is 6.54 Å². The van der Waals surface area contributed by atoms with Crippen LogP contribution < -0.4 is 5.32 Å². The highest BCUT2D eigenvalue weighted by Gasteiger charge is 2.09. The van der Waals surface area contributed by atoms with E-state index in [9.17, 15) is 14.5 Å². The lowest BCUT2D eigenvalue weighted by atomic mass is 10.1. The lowest BCUT2D eigenvalue weighted by Gasteiger charge is -2.14. The van der Waals surface area contributed by atoms with Gasteiger partial charge in [0.1, 0.15) is 5.82 Å². The minimum Gasteiger partial charge on any atom is -0.306 e. The maximum absolute atomic E-state index is 13.1. The molecule has 110 valence electrons. The molecule has 21 heavy (non-hydrogen) atoms. The molecule has 0 spiro atoms. The molecule has 0 bridgehead atoms. The van der Waals surface area contributed by atoms with Gasteiger partial charge in [0.05, 0.1) is 9.95 Å². The summed E-state index contributed by atoms with van der Waals surface area (Å²) in [5.74, 6) is -0.452. The molecule has 2 aromatic carbocycles. The predicted molar refractivity (Wildman–Crippen MR) is 79.8 cm³/mol. The Hall–Kier alpha value is -1.98. The number of hydrogen-bond acceptors (Lipinski definition) is 3. The summed E-state index contributed by atoms with van der Waals surface area (Å²) in [6.07, 6.45) is 0. The van der Waals surface area contributed by atoms with Crippen LogP contribution in [0.4, 0.5) is 10.1 Å². The van der Waals surface area contributed by atoms with Crippen LogP contribution in [-0.4, -0.2) is 4.92 Å². The van der Waals surface area contributed by atoms with Crippen LogP contribution >= 0.6 is 11.6 Å². The number of nitro groups is 1. The quantitative estimate of drug-likeness (QED) is 0.664. The van der Waals surface area contributed by atoms with Crippen molar-refractivity contribution in [3.63, 3.8) is 0 Å². The average Bonchev–Trinajstić information content (AvgIpc) is 2.48. The van der Waals surface area contributed by atoms with E-state index < -0.39 is 10.7 Å². The molecule has 4 nitrogen and oxygen atoms in total. The number of halogens is 2. The maximum Gasteiger partial charge on any atom is 0.269 e. The molecular weight excluding hydrogens is 295 g/mol. The third-order valence-electron chi connectivity index (χ3n) is 3.18. The summed E-state index contributed by atoms with van der Waals surface area (Å²) in [4.78, 5) is 10.3. The van der Waals surface area contributed by atoms with Crippen molar-refractivity contribution in [1.29, 1.82) is 0 Å². The molecular formula is C15H14ClFN2O2. The van der Waals surface area contributed by atoms with Gasteiger partial charge in [-0.25, -0.2) is 4.39 Å². The van der Waals surface area contributed by atoms with Gasteiger partial charge in [-0.05, 0) is 30.2 Å². The van der Waals surface area contributed by atoms with Crippen LogP contribution in [0.5, 0.6) is 0 Å². The average molecular weight is 309 g/mol. The van der Waals surface area contributed by atoms with E-state index in [1.165, 1.54) is 18.2 Å². The second-order valence-corrected chi connectivity index (χ2v) is 5.11. The summed E-state index contributed by atoms with van der Waals surface area (Å²) < 4.78 is 13.1. The van der Waals surface area contributed by atoms with Gasteiger partial charge in [0.2, 0.25) is 0 Å². The number of benzene rings is 2. The summed E-state index contributed by atoms with van der Waals surface area (Å²) in [5.41, 5.74) is 1.72. The van der Waals surface area contributed by atoms with Crippen molar-refractivity contribution in [3.05, 3.63) is 74.5 Å². The molecule has 1 unspecified atom stereocenters. The van der Waals surface area contributed by atoms with E-state index in [1.54, 1.807) is 18.2 Å². The second kappa shape index (κ2) is 6.65. The smallest absolute Gasteiger partial charge is 0.269 e. The number of nitrogens with one attached hydrogen (secondary N) is 1. The van der Waals surface area contributed by atoms with E-state index in [2.05, 4.69) is 5.32 Å². The predicted octanol–water partition coefficient (Wildman–Crippen LogP) is 4.24. The number of rotatable bonds is 5. The van der Waals surface area contributed by atoms with Gasteiger partial charge >= 0.3 is 0 Å². The first-order chi connectivity index (χ1) is 9.97. The Morgan fingerprint density at radius 2 is 2.10 bits per heavy atom. The summed E-state index contributed by atoms with van der Waals surface area (Å²) >= 11 is 5.75. The highest BCUT2D eigenvalue weighted by atomic mass is 35.5. The van der Waals surface area contributed by atoms with Gasteiger partial charge in [-0.1, -0.05) is 29.8 Å². The van der Waals surface area contributed by atoms with Gasteiger partial charge in [-0.15, -0.1) is 0 Å². The molecule has 6 heteroatoms. The normalized spacial score (nSPS) is 12.1. The first-order valence-corrected chi connectivity index (χ1v) is 6.77. The van der Waals surface area contributed by atoms with Crippen LogP contribution in [0.15, 0.2) is 42.5 Å². The highest BCUT2D eigenvalue weighted by molar-refractivity contribution is 6.30. The summed E-state index contributed by atoms with van der Waals surface area (Å²) in [6, 6.07) is 10.9. The molecule has 0 heterocycles. The van der Waals surface area contributed by atoms with E-state index in [1.807, 2.05) is 13.0 Å². The third kappa shape index (κ3) is 4.00. The standard InChI is InChI=1S/C15H14ClFN2O2/c1-10(12-5-6-15(17)14(16)8-12)18-9-11-3-2-4-13(7-11)19(20)21/h2-8,10,18H,9H2,1H3. The van der Waals surface area contributed by atoms with Gasteiger partial charge in [-0.3, -0.25) is 10.1 Å². The van der Waals surface area contributed by atoms with Crippen LogP contribution in [0, 0.1) is 15.9 Å². The van der Waals surface area contributed by atoms with Crippen molar-refractivity contribution < 1.29 is 9.31 Å². The molecule has 0 aliphatic heterocycles. The lowest BCUT2D eigenvalue weighted by molar-refractivity contribution is -0.384. The fourth-order valence-electron chi connectivity index (χ4n) is 1.95. The molecule has 0 aliphatic rings. The minimum atomic E-state index is -0.452. The van der Waals surface area contributed by atoms with Gasteiger partial charge in [0.25, 0.3) is 5.69 Å². The Morgan fingerprint density at radius 3 is 2.76 bits per heavy atom. The van der Waals surface area contributed by atoms with E-state index in [0.29, 0.717) is 6.54 Å². The van der Waals surface area contributed by atoms with E-state index >= 15 is 0 Å². The lowest BCUT2D eigenvalue weighted by Crippen LogP contribution is -2.18. The monoisotopic (exact) mass is 308 g/mol. The third-order valence-corrected chi connectivity index (χ3v) is 3.47. The fourth-order valence-corrected chi connectivity index (χ4v) is 2.14. The zero-order chi connectivity index (χ0) is 15.4. The fraction of sp³-hybridized carbons (Fsp3) is 0.200. The summed E-state index contributed by atoms with van der Waals surface area (Å²) in [6.45, 7) is 2.39. The topological polar surface area (TPSA) is 55.2 Å². The van der Waals surface area contributed by atoms with Gasteiger partial charge in [-0.2, -0.15) is 0 Å². The first-order valence-electron chi connectivity index (χ1n) is 6.39. The van der Waals surface area contributed by atoms with Gasteiger partial charge in [0, 0.05) is 24.7 Å². The molecule has 0 aliphatic carbocycles. The Kier molecular flexibility index (Phi) is 4.88.